The summed E-state index contributed by atoms with van der Waals surface area (Å²) >= 11 is 0. The molecule has 0 heterocycles. The molecule has 11 heteroatoms. The monoisotopic (exact) mass is 438 g/mol. The number of benzene rings is 2. The van der Waals surface area contributed by atoms with Crippen LogP contribution in [0.3, 0.4) is 0 Å². The maximum atomic E-state index is 12.7. The average molecular weight is 438 g/mol. The van der Waals surface area contributed by atoms with E-state index in [1.807, 2.05) is 0 Å². The van der Waals surface area contributed by atoms with E-state index in [9.17, 15) is 40.3 Å². The molecule has 4 nitrogen and oxygen atoms in total. The number of rotatable bonds is 9. The first-order valence-corrected chi connectivity index (χ1v) is 8.24. The fourth-order valence-corrected chi connectivity index (χ4v) is 2.45. The topological polar surface area (TPSA) is 52.6 Å². The van der Waals surface area contributed by atoms with Crippen molar-refractivity contribution in [2.24, 2.45) is 0 Å². The van der Waals surface area contributed by atoms with Gasteiger partial charge in [-0.2, -0.15) is 30.7 Å². The van der Waals surface area contributed by atoms with Crippen molar-refractivity contribution in [3.05, 3.63) is 59.2 Å². The Morgan fingerprint density at radius 3 is 1.83 bits per heavy atom. The Morgan fingerprint density at radius 1 is 0.767 bits per heavy atom. The molecule has 2 rings (SSSR count). The summed E-state index contributed by atoms with van der Waals surface area (Å²) in [5.41, 5.74) is -1.51. The van der Waals surface area contributed by atoms with Crippen LogP contribution in [0.4, 0.5) is 30.7 Å². The zero-order valence-electron chi connectivity index (χ0n) is 14.9. The van der Waals surface area contributed by atoms with Crippen molar-refractivity contribution < 1.29 is 49.8 Å². The molecule has 0 aromatic heterocycles. The summed E-state index contributed by atoms with van der Waals surface area (Å²) in [5, 5.41) is 0. The van der Waals surface area contributed by atoms with Crippen molar-refractivity contribution >= 4 is 11.6 Å². The maximum Gasteiger partial charge on any atom is 0.416 e. The second-order valence-corrected chi connectivity index (χ2v) is 5.84. The normalized spacial score (nSPS) is 11.6. The van der Waals surface area contributed by atoms with E-state index >= 15 is 0 Å². The SMILES string of the molecule is O=C(CCC(=O)c1ccc(OC(F)F)c(OC(F)F)c1)c1cccc(C(F)(F)F)c1. The molecule has 2 aromatic rings. The summed E-state index contributed by atoms with van der Waals surface area (Å²) < 4.78 is 95.8. The molecule has 0 saturated carbocycles. The molecular formula is C19H13F7O4. The smallest absolute Gasteiger partial charge is 0.416 e. The summed E-state index contributed by atoms with van der Waals surface area (Å²) in [6, 6.07) is 6.23. The van der Waals surface area contributed by atoms with Crippen LogP contribution in [0.5, 0.6) is 11.5 Å². The lowest BCUT2D eigenvalue weighted by molar-refractivity contribution is -0.137. The number of hydrogen-bond donors (Lipinski definition) is 0. The molecule has 2 aromatic carbocycles. The fourth-order valence-electron chi connectivity index (χ4n) is 2.45. The van der Waals surface area contributed by atoms with Crippen LogP contribution in [-0.2, 0) is 6.18 Å². The third-order valence-electron chi connectivity index (χ3n) is 3.79. The molecule has 0 atom stereocenters. The van der Waals surface area contributed by atoms with Crippen LogP contribution >= 0.6 is 0 Å². The molecule has 30 heavy (non-hydrogen) atoms. The van der Waals surface area contributed by atoms with E-state index in [0.717, 1.165) is 36.4 Å². The van der Waals surface area contributed by atoms with Gasteiger partial charge in [0.05, 0.1) is 5.56 Å². The molecule has 0 aliphatic carbocycles. The van der Waals surface area contributed by atoms with Gasteiger partial charge in [-0.3, -0.25) is 9.59 Å². The van der Waals surface area contributed by atoms with Crippen LogP contribution in [0.25, 0.3) is 0 Å². The maximum absolute atomic E-state index is 12.7. The Bertz CT molecular complexity index is 910. The Hall–Kier alpha value is -3.11. The predicted octanol–water partition coefficient (Wildman–Crippen LogP) is 5.75. The summed E-state index contributed by atoms with van der Waals surface area (Å²) in [5.74, 6) is -3.00. The Balaban J connectivity index is 2.11. The number of alkyl halides is 7. The van der Waals surface area contributed by atoms with Crippen LogP contribution < -0.4 is 9.47 Å². The zero-order valence-corrected chi connectivity index (χ0v) is 14.9. The van der Waals surface area contributed by atoms with Crippen LogP contribution in [0.15, 0.2) is 42.5 Å². The lowest BCUT2D eigenvalue weighted by Gasteiger charge is -2.12. The highest BCUT2D eigenvalue weighted by Crippen LogP contribution is 2.32. The molecule has 162 valence electrons. The van der Waals surface area contributed by atoms with Gasteiger partial charge in [0.1, 0.15) is 0 Å². The quantitative estimate of drug-likeness (QED) is 0.369. The van der Waals surface area contributed by atoms with E-state index < -0.39 is 60.9 Å². The molecule has 0 N–H and O–H groups in total. The molecule has 0 amide bonds. The third kappa shape index (κ3) is 6.46. The molecular weight excluding hydrogens is 425 g/mol. The van der Waals surface area contributed by atoms with Crippen molar-refractivity contribution in [1.29, 1.82) is 0 Å². The Kier molecular flexibility index (Phi) is 7.41. The highest BCUT2D eigenvalue weighted by Gasteiger charge is 2.31. The second-order valence-electron chi connectivity index (χ2n) is 5.84. The van der Waals surface area contributed by atoms with Gasteiger partial charge >= 0.3 is 19.4 Å². The minimum Gasteiger partial charge on any atom is -0.431 e. The first kappa shape index (κ1) is 23.2. The van der Waals surface area contributed by atoms with Gasteiger partial charge in [0.2, 0.25) is 0 Å². The Morgan fingerprint density at radius 2 is 1.30 bits per heavy atom. The van der Waals surface area contributed by atoms with Gasteiger partial charge in [0.15, 0.2) is 23.1 Å². The van der Waals surface area contributed by atoms with E-state index in [-0.39, 0.29) is 11.1 Å². The van der Waals surface area contributed by atoms with E-state index in [2.05, 4.69) is 9.47 Å². The van der Waals surface area contributed by atoms with Gasteiger partial charge in [-0.05, 0) is 30.3 Å². The molecule has 0 spiro atoms. The van der Waals surface area contributed by atoms with Gasteiger partial charge in [-0.15, -0.1) is 0 Å². The number of ether oxygens (including phenoxy) is 2. The summed E-state index contributed by atoms with van der Waals surface area (Å²) in [4.78, 5) is 24.3. The predicted molar refractivity (Wildman–Crippen MR) is 89.0 cm³/mol. The van der Waals surface area contributed by atoms with Gasteiger partial charge in [-0.1, -0.05) is 12.1 Å². The second kappa shape index (κ2) is 9.59. The number of carbonyl (C=O) groups excluding carboxylic acids is 2. The van der Waals surface area contributed by atoms with Crippen molar-refractivity contribution in [3.63, 3.8) is 0 Å². The van der Waals surface area contributed by atoms with E-state index in [0.29, 0.717) is 6.07 Å². The van der Waals surface area contributed by atoms with Gasteiger partial charge in [0.25, 0.3) is 0 Å². The van der Waals surface area contributed by atoms with Crippen molar-refractivity contribution in [3.8, 4) is 11.5 Å². The molecule has 0 bridgehead atoms. The fraction of sp³-hybridized carbons (Fsp3) is 0.263. The standard InChI is InChI=1S/C19H13F7O4/c20-17(21)29-15-7-4-11(9-16(15)30-18(22)23)14(28)6-5-13(27)10-2-1-3-12(8-10)19(24,25)26/h1-4,7-9,17-18H,5-6H2. The molecule has 0 aliphatic rings. The zero-order chi connectivity index (χ0) is 22.5. The summed E-state index contributed by atoms with van der Waals surface area (Å²) in [7, 11) is 0. The van der Waals surface area contributed by atoms with Gasteiger partial charge in [-0.25, -0.2) is 0 Å². The van der Waals surface area contributed by atoms with E-state index in [1.165, 1.54) is 0 Å². The number of ketones is 2. The van der Waals surface area contributed by atoms with Crippen LogP contribution in [0.1, 0.15) is 39.1 Å². The molecule has 0 fully saturated rings. The lowest BCUT2D eigenvalue weighted by Crippen LogP contribution is -2.10. The van der Waals surface area contributed by atoms with E-state index in [1.54, 1.807) is 0 Å². The van der Waals surface area contributed by atoms with Crippen LogP contribution in [-0.4, -0.2) is 24.8 Å². The number of Topliss-reactive ketones (excluding diaryl/α,β-unsaturated/α-hetero) is 2. The first-order chi connectivity index (χ1) is 14.0. The highest BCUT2D eigenvalue weighted by molar-refractivity contribution is 6.02. The van der Waals surface area contributed by atoms with Crippen molar-refractivity contribution in [1.82, 2.24) is 0 Å². The minimum atomic E-state index is -4.64. The largest absolute Gasteiger partial charge is 0.431 e. The lowest BCUT2D eigenvalue weighted by atomic mass is 10.00. The van der Waals surface area contributed by atoms with Gasteiger partial charge in [0, 0.05) is 24.0 Å². The van der Waals surface area contributed by atoms with Crippen molar-refractivity contribution in [2.75, 3.05) is 0 Å². The molecule has 0 radical (unpaired) electrons. The number of carbonyl (C=O) groups is 2. The molecule has 0 unspecified atom stereocenters. The minimum absolute atomic E-state index is 0.232. The van der Waals surface area contributed by atoms with Crippen LogP contribution in [0, 0.1) is 0 Å². The number of hydrogen-bond acceptors (Lipinski definition) is 4. The van der Waals surface area contributed by atoms with Gasteiger partial charge < -0.3 is 9.47 Å². The molecule has 0 aliphatic heterocycles. The van der Waals surface area contributed by atoms with Crippen LogP contribution in [0.2, 0.25) is 0 Å². The summed E-state index contributed by atoms with van der Waals surface area (Å²) in [6.45, 7) is -6.70. The summed E-state index contributed by atoms with van der Waals surface area (Å²) in [6.07, 6.45) is -5.56. The van der Waals surface area contributed by atoms with Crippen molar-refractivity contribution in [2.45, 2.75) is 32.2 Å². The van der Waals surface area contributed by atoms with E-state index in [4.69, 9.17) is 0 Å². The number of halogens is 7. The first-order valence-electron chi connectivity index (χ1n) is 8.24. The third-order valence-corrected chi connectivity index (χ3v) is 3.79. The molecule has 0 saturated heterocycles. The highest BCUT2D eigenvalue weighted by atomic mass is 19.4. The average Bonchev–Trinajstić information content (AvgIpc) is 2.65. The Labute approximate surface area is 165 Å².